The first-order valence-electron chi connectivity index (χ1n) is 21.6. The molecule has 8 aliphatic rings. The summed E-state index contributed by atoms with van der Waals surface area (Å²) in [5.74, 6) is -6.06. The maximum atomic E-state index is 14.6. The monoisotopic (exact) mass is 818 g/mol. The van der Waals surface area contributed by atoms with Crippen LogP contribution >= 0.6 is 0 Å². The van der Waals surface area contributed by atoms with Gasteiger partial charge >= 0.3 is 11.9 Å². The highest BCUT2D eigenvalue weighted by molar-refractivity contribution is 5.97. The summed E-state index contributed by atoms with van der Waals surface area (Å²) < 4.78 is 11.3. The van der Waals surface area contributed by atoms with Gasteiger partial charge in [0.2, 0.25) is 5.78 Å². The highest BCUT2D eigenvalue weighted by Gasteiger charge is 2.71. The number of rotatable bonds is 8. The molecule has 8 rings (SSSR count). The number of carbonyl (C=O) groups excluding carboxylic acids is 8. The van der Waals surface area contributed by atoms with Crippen molar-refractivity contribution in [1.29, 1.82) is 0 Å². The summed E-state index contributed by atoms with van der Waals surface area (Å²) in [5, 5.41) is 33.3. The van der Waals surface area contributed by atoms with Gasteiger partial charge in [-0.1, -0.05) is 38.8 Å². The Bertz CT molecular complexity index is 2010. The third kappa shape index (κ3) is 5.71. The second-order valence-electron chi connectivity index (χ2n) is 20.4. The van der Waals surface area contributed by atoms with Crippen LogP contribution in [-0.4, -0.2) is 92.5 Å². The average Bonchev–Trinajstić information content (AvgIpc) is 3.59. The molecule has 0 saturated heterocycles. The quantitative estimate of drug-likeness (QED) is 0.298. The first-order valence-corrected chi connectivity index (χ1v) is 21.6. The van der Waals surface area contributed by atoms with E-state index in [1.807, 2.05) is 13.8 Å². The average molecular weight is 819 g/mol. The molecule has 0 radical (unpaired) electrons. The first-order chi connectivity index (χ1) is 27.6. The van der Waals surface area contributed by atoms with Crippen LogP contribution in [0.2, 0.25) is 0 Å². The molecule has 14 atom stereocenters. The van der Waals surface area contributed by atoms with Crippen LogP contribution < -0.4 is 0 Å². The number of hydrogen-bond donors (Lipinski definition) is 3. The van der Waals surface area contributed by atoms with Crippen LogP contribution in [0.25, 0.3) is 0 Å². The van der Waals surface area contributed by atoms with E-state index in [4.69, 9.17) is 9.47 Å². The van der Waals surface area contributed by atoms with Crippen molar-refractivity contribution in [3.8, 4) is 0 Å². The molecule has 59 heavy (non-hydrogen) atoms. The summed E-state index contributed by atoms with van der Waals surface area (Å²) in [4.78, 5) is 108. The lowest BCUT2D eigenvalue weighted by Gasteiger charge is -2.59. The Hall–Kier alpha value is -3.68. The zero-order valence-electron chi connectivity index (χ0n) is 34.8. The van der Waals surface area contributed by atoms with Gasteiger partial charge in [-0.15, -0.1) is 0 Å². The Morgan fingerprint density at radius 1 is 0.712 bits per heavy atom. The van der Waals surface area contributed by atoms with Gasteiger partial charge in [0.1, 0.15) is 35.5 Å². The summed E-state index contributed by atoms with van der Waals surface area (Å²) >= 11 is 0. The summed E-state index contributed by atoms with van der Waals surface area (Å²) in [6.45, 7) is 7.16. The number of hydrogen-bond acceptors (Lipinski definition) is 13. The molecule has 8 aliphatic carbocycles. The number of carbonyl (C=O) groups is 8. The number of fused-ring (bicyclic) bond motifs is 10. The molecule has 320 valence electrons. The predicted molar refractivity (Wildman–Crippen MR) is 207 cm³/mol. The molecule has 3 N–H and O–H groups in total. The van der Waals surface area contributed by atoms with Crippen molar-refractivity contribution < 1.29 is 63.1 Å². The number of Topliss-reactive ketones (excluding diaryl/α,β-unsaturated/α-hetero) is 4. The van der Waals surface area contributed by atoms with Crippen molar-refractivity contribution in [2.24, 2.45) is 63.1 Å². The highest BCUT2D eigenvalue weighted by atomic mass is 16.5. The zero-order valence-corrected chi connectivity index (χ0v) is 34.8. The van der Waals surface area contributed by atoms with Gasteiger partial charge in [-0.2, -0.15) is 0 Å². The number of esters is 2. The SMILES string of the molecule is CC(=O)OCC(=O)[C@@]1(O)CC[C@H]2[C@@H]3CCC4=CC(=O)CC(CC(=O)OC5CC(=O)C=C6CC[C@H]7[C@@H]8CC[C@](O)(C(=O)CO)[C@@]8(C)CC(=O)[C@@H]7[C@]65C)[C@]4(C)[C@H]3C(=O)C[C@@]21C. The van der Waals surface area contributed by atoms with E-state index in [0.29, 0.717) is 38.5 Å². The third-order valence-electron chi connectivity index (χ3n) is 18.2. The van der Waals surface area contributed by atoms with E-state index in [-0.39, 0.29) is 91.8 Å². The Morgan fingerprint density at radius 2 is 1.20 bits per heavy atom. The summed E-state index contributed by atoms with van der Waals surface area (Å²) in [6, 6.07) is 0. The fourth-order valence-corrected chi connectivity index (χ4v) is 15.2. The van der Waals surface area contributed by atoms with Gasteiger partial charge in [0.15, 0.2) is 24.0 Å². The maximum absolute atomic E-state index is 14.6. The molecule has 6 saturated carbocycles. The second kappa shape index (κ2) is 13.9. The Labute approximate surface area is 344 Å². The number of ether oxygens (including phenoxy) is 2. The van der Waals surface area contributed by atoms with E-state index >= 15 is 0 Å². The van der Waals surface area contributed by atoms with Crippen molar-refractivity contribution >= 4 is 46.6 Å². The van der Waals surface area contributed by atoms with Crippen molar-refractivity contribution in [3.63, 3.8) is 0 Å². The lowest BCUT2D eigenvalue weighted by atomic mass is 9.43. The molecular formula is C46H58O13. The van der Waals surface area contributed by atoms with Crippen LogP contribution in [0.1, 0.15) is 118 Å². The largest absolute Gasteiger partial charge is 0.461 e. The topological polar surface area (TPSA) is 216 Å². The molecule has 0 amide bonds. The van der Waals surface area contributed by atoms with Gasteiger partial charge in [-0.25, -0.2) is 0 Å². The molecule has 6 fully saturated rings. The molecule has 0 aromatic carbocycles. The third-order valence-corrected chi connectivity index (χ3v) is 18.2. The van der Waals surface area contributed by atoms with Crippen molar-refractivity contribution in [1.82, 2.24) is 0 Å². The highest BCUT2D eigenvalue weighted by Crippen LogP contribution is 2.69. The van der Waals surface area contributed by atoms with E-state index in [1.165, 1.54) is 6.92 Å². The minimum absolute atomic E-state index is 0.00325. The standard InChI is InChI=1S/C46H58O13/c1-23(48)58-22-36(54)46(57)13-11-31-29-8-6-24-14-27(49)16-26(43(24,4)39(29)33(51)19-42(31,46)3)17-38(55)59-37-18-28(50)15-25-7-9-30-32-10-12-45(56,35(53)21-47)41(32,2)20-34(52)40(30)44(25,37)5/h14-15,26,29-32,37,39-40,47,56-57H,6-13,16-22H2,1-5H3/t26?,29-,30-,31-,32-,37?,39+,40+,41-,42-,43+,44+,45-,46-/m0/s1. The smallest absolute Gasteiger partial charge is 0.306 e. The van der Waals surface area contributed by atoms with Gasteiger partial charge in [0.25, 0.3) is 0 Å². The molecule has 0 bridgehead atoms. The maximum Gasteiger partial charge on any atom is 0.306 e. The van der Waals surface area contributed by atoms with Crippen molar-refractivity contribution in [2.75, 3.05) is 13.2 Å². The zero-order chi connectivity index (χ0) is 42.8. The van der Waals surface area contributed by atoms with Gasteiger partial charge in [0, 0.05) is 72.5 Å². The molecule has 0 aliphatic heterocycles. The normalized spacial score (nSPS) is 46.0. The van der Waals surface area contributed by atoms with Crippen LogP contribution in [0.5, 0.6) is 0 Å². The van der Waals surface area contributed by atoms with E-state index in [0.717, 1.165) is 11.1 Å². The molecule has 2 unspecified atom stereocenters. The number of allylic oxidation sites excluding steroid dienone is 1. The lowest BCUT2D eigenvalue weighted by molar-refractivity contribution is -0.183. The van der Waals surface area contributed by atoms with Crippen molar-refractivity contribution in [2.45, 2.75) is 135 Å². The summed E-state index contributed by atoms with van der Waals surface area (Å²) in [6.07, 6.45) is 5.03. The molecule has 0 spiro atoms. The van der Waals surface area contributed by atoms with Crippen LogP contribution in [0.15, 0.2) is 23.3 Å². The van der Waals surface area contributed by atoms with E-state index < -0.39 is 93.4 Å². The minimum Gasteiger partial charge on any atom is -0.461 e. The molecule has 0 aromatic heterocycles. The van der Waals surface area contributed by atoms with Crippen LogP contribution in [0.3, 0.4) is 0 Å². The van der Waals surface area contributed by atoms with E-state index in [9.17, 15) is 53.7 Å². The molecule has 0 aromatic rings. The van der Waals surface area contributed by atoms with Crippen LogP contribution in [-0.2, 0) is 47.8 Å². The Kier molecular flexibility index (Phi) is 9.92. The fraction of sp³-hybridized carbons (Fsp3) is 0.739. The molecule has 13 nitrogen and oxygen atoms in total. The number of aliphatic hydroxyl groups is 3. The van der Waals surface area contributed by atoms with Crippen LogP contribution in [0, 0.1) is 63.1 Å². The second-order valence-corrected chi connectivity index (χ2v) is 20.4. The number of aliphatic hydroxyl groups excluding tert-OH is 1. The van der Waals surface area contributed by atoms with Gasteiger partial charge in [0.05, 0.1) is 0 Å². The van der Waals surface area contributed by atoms with Gasteiger partial charge in [-0.05, 0) is 93.1 Å². The Morgan fingerprint density at radius 3 is 1.73 bits per heavy atom. The predicted octanol–water partition coefficient (Wildman–Crippen LogP) is 3.70. The van der Waals surface area contributed by atoms with Crippen molar-refractivity contribution in [3.05, 3.63) is 23.3 Å². The lowest BCUT2D eigenvalue weighted by Crippen LogP contribution is -2.63. The van der Waals surface area contributed by atoms with E-state index in [1.54, 1.807) is 26.0 Å². The molecule has 0 heterocycles. The minimum atomic E-state index is -1.86. The molecule has 13 heteroatoms. The van der Waals surface area contributed by atoms with Crippen LogP contribution in [0.4, 0.5) is 0 Å². The Balaban J connectivity index is 1.06. The van der Waals surface area contributed by atoms with Gasteiger partial charge in [-0.3, -0.25) is 38.4 Å². The van der Waals surface area contributed by atoms with Gasteiger partial charge < -0.3 is 24.8 Å². The summed E-state index contributed by atoms with van der Waals surface area (Å²) in [5.41, 5.74) is -6.25. The fourth-order valence-electron chi connectivity index (χ4n) is 15.2. The first kappa shape index (κ1) is 42.0. The number of ketones is 6. The van der Waals surface area contributed by atoms with E-state index in [2.05, 4.69) is 0 Å². The summed E-state index contributed by atoms with van der Waals surface area (Å²) in [7, 11) is 0. The molecular weight excluding hydrogens is 760 g/mol.